The van der Waals surface area contributed by atoms with Gasteiger partial charge in [0.2, 0.25) is 5.95 Å². The van der Waals surface area contributed by atoms with Crippen LogP contribution in [0.5, 0.6) is 5.75 Å². The lowest BCUT2D eigenvalue weighted by Gasteiger charge is -2.31. The number of anilines is 1. The second-order valence-corrected chi connectivity index (χ2v) is 11.5. The lowest BCUT2D eigenvalue weighted by atomic mass is 9.84. The number of esters is 1. The van der Waals surface area contributed by atoms with Crippen LogP contribution in [-0.4, -0.2) is 52.6 Å². The summed E-state index contributed by atoms with van der Waals surface area (Å²) in [6.07, 6.45) is 3.11. The highest BCUT2D eigenvalue weighted by Gasteiger charge is 2.39. The molecule has 0 aliphatic heterocycles. The fraction of sp³-hybridized carbons (Fsp3) is 0.281. The molecule has 242 valence electrons. The van der Waals surface area contributed by atoms with Crippen molar-refractivity contribution in [2.24, 2.45) is 0 Å². The van der Waals surface area contributed by atoms with Crippen LogP contribution in [0.1, 0.15) is 73.0 Å². The molecule has 3 heterocycles. The number of ether oxygens (including phenoxy) is 1. The number of nitrogens with one attached hydrogen (secondary N) is 1. The van der Waals surface area contributed by atoms with Crippen molar-refractivity contribution in [3.05, 3.63) is 79.7 Å². The van der Waals surface area contributed by atoms with Gasteiger partial charge >= 0.3 is 11.9 Å². The molecule has 6 N–H and O–H groups in total. The summed E-state index contributed by atoms with van der Waals surface area (Å²) in [5.41, 5.74) is 2.08. The maximum Gasteiger partial charge on any atom is 0.307 e. The second kappa shape index (κ2) is 11.2. The Morgan fingerprint density at radius 2 is 2.00 bits per heavy atom. The Kier molecular flexibility index (Phi) is 7.43. The van der Waals surface area contributed by atoms with Crippen molar-refractivity contribution < 1.29 is 38.9 Å². The number of hydrogen-bond acceptors (Lipinski definition) is 12. The van der Waals surface area contributed by atoms with Crippen molar-refractivity contribution in [3.63, 3.8) is 0 Å². The number of allylic oxidation sites excluding steroid dienone is 1. The minimum absolute atomic E-state index is 0.00671. The van der Waals surface area contributed by atoms with Crippen LogP contribution in [0.15, 0.2) is 50.7 Å². The molecule has 0 fully saturated rings. The lowest BCUT2D eigenvalue weighted by Crippen LogP contribution is -2.34. The zero-order chi connectivity index (χ0) is 33.9. The number of fused-ring (bicyclic) bond motifs is 5. The minimum atomic E-state index is -2.09. The Morgan fingerprint density at radius 3 is 2.68 bits per heavy atom. The van der Waals surface area contributed by atoms with Crippen LogP contribution >= 0.6 is 0 Å². The summed E-state index contributed by atoms with van der Waals surface area (Å²) < 4.78 is 13.0. The summed E-state index contributed by atoms with van der Waals surface area (Å²) >= 11 is 0. The van der Waals surface area contributed by atoms with E-state index in [9.17, 15) is 39.3 Å². The minimum Gasteiger partial charge on any atom is -0.506 e. The van der Waals surface area contributed by atoms with Gasteiger partial charge in [0.05, 0.1) is 35.1 Å². The average molecular weight is 644 g/mol. The number of H-pyrrole nitrogens is 1. The number of nitrogens with two attached hydrogens (primary N) is 1. The number of imidazole rings is 1. The summed E-state index contributed by atoms with van der Waals surface area (Å²) in [5.74, 6) is -3.31. The van der Waals surface area contributed by atoms with Crippen LogP contribution in [0.25, 0.3) is 32.9 Å². The molecule has 5 aromatic rings. The van der Waals surface area contributed by atoms with E-state index in [4.69, 9.17) is 14.9 Å². The fourth-order valence-corrected chi connectivity index (χ4v) is 6.32. The Balaban J connectivity index is 1.66. The summed E-state index contributed by atoms with van der Waals surface area (Å²) in [7, 11) is 0. The maximum atomic E-state index is 13.8. The third-order valence-electron chi connectivity index (χ3n) is 8.30. The number of nitrogen functional groups attached to an aromatic ring is 1. The molecule has 0 spiro atoms. The average Bonchev–Trinajstić information content (AvgIpc) is 3.39. The van der Waals surface area contributed by atoms with Crippen molar-refractivity contribution in [3.8, 4) is 5.75 Å². The van der Waals surface area contributed by atoms with E-state index in [1.54, 1.807) is 19.1 Å². The molecule has 1 aliphatic rings. The molecule has 6 rings (SSSR count). The van der Waals surface area contributed by atoms with Crippen LogP contribution in [0.2, 0.25) is 0 Å². The number of hydrogen-bond donors (Lipinski definition) is 5. The number of rotatable bonds is 7. The molecule has 3 unspecified atom stereocenters. The van der Waals surface area contributed by atoms with Crippen LogP contribution in [0.3, 0.4) is 0 Å². The van der Waals surface area contributed by atoms with E-state index in [2.05, 4.69) is 15.0 Å². The summed E-state index contributed by atoms with van der Waals surface area (Å²) in [4.78, 5) is 74.0. The predicted octanol–water partition coefficient (Wildman–Crippen LogP) is 2.90. The van der Waals surface area contributed by atoms with E-state index >= 15 is 0 Å². The lowest BCUT2D eigenvalue weighted by molar-refractivity contribution is -0.147. The van der Waals surface area contributed by atoms with Gasteiger partial charge in [0, 0.05) is 25.0 Å². The first kappa shape index (κ1) is 31.2. The van der Waals surface area contributed by atoms with E-state index in [0.29, 0.717) is 0 Å². The Hall–Kier alpha value is -5.83. The number of aromatic hydroxyl groups is 1. The number of carboxylic acids is 1. The first-order valence-corrected chi connectivity index (χ1v) is 14.5. The normalized spacial score (nSPS) is 16.9. The third kappa shape index (κ3) is 5.10. The number of aromatic nitrogens is 4. The van der Waals surface area contributed by atoms with Crippen LogP contribution < -0.4 is 16.7 Å². The van der Waals surface area contributed by atoms with Crippen molar-refractivity contribution in [2.75, 3.05) is 5.73 Å². The largest absolute Gasteiger partial charge is 0.506 e. The van der Waals surface area contributed by atoms with E-state index < -0.39 is 58.6 Å². The molecule has 47 heavy (non-hydrogen) atoms. The molecule has 15 nitrogen and oxygen atoms in total. The zero-order valence-corrected chi connectivity index (χ0v) is 25.4. The van der Waals surface area contributed by atoms with Gasteiger partial charge in [0.25, 0.3) is 5.56 Å². The van der Waals surface area contributed by atoms with Gasteiger partial charge in [-0.25, -0.2) is 4.98 Å². The number of carboxylic acid groups (broad SMARTS) is 1. The second-order valence-electron chi connectivity index (χ2n) is 11.5. The number of aliphatic carboxylic acids is 1. The number of aromatic amines is 1. The van der Waals surface area contributed by atoms with Crippen LogP contribution in [0, 0.1) is 0 Å². The molecule has 0 radical (unpaired) electrons. The SMILES string of the molecule is C/C=C\C(n1cnc2nc(N)[nH]c(=O)c21)C(C)(O)c1cc(=O)c2c(CC(=O)O)cc3cc4c(c(O)c3c2o1)C(=O)CCC4OC(C)=O. The number of nitrogens with zero attached hydrogens (tertiary/aromatic N) is 3. The third-order valence-corrected chi connectivity index (χ3v) is 8.30. The first-order valence-electron chi connectivity index (χ1n) is 14.5. The van der Waals surface area contributed by atoms with Crippen molar-refractivity contribution >= 4 is 56.6 Å². The molecule has 0 saturated carbocycles. The highest BCUT2D eigenvalue weighted by Crippen LogP contribution is 2.45. The van der Waals surface area contributed by atoms with Crippen molar-refractivity contribution in [2.45, 2.75) is 57.8 Å². The molecule has 1 aliphatic carbocycles. The molecule has 0 amide bonds. The molecular weight excluding hydrogens is 614 g/mol. The monoisotopic (exact) mass is 643 g/mol. The van der Waals surface area contributed by atoms with Crippen LogP contribution in [0.4, 0.5) is 5.95 Å². The Labute approximate surface area is 263 Å². The molecular formula is C32H29N5O10. The Morgan fingerprint density at radius 1 is 1.26 bits per heavy atom. The van der Waals surface area contributed by atoms with Gasteiger partial charge in [-0.2, -0.15) is 4.98 Å². The van der Waals surface area contributed by atoms with Crippen LogP contribution in [-0.2, 0) is 26.3 Å². The predicted molar refractivity (Wildman–Crippen MR) is 167 cm³/mol. The summed E-state index contributed by atoms with van der Waals surface area (Å²) in [5, 5.41) is 33.3. The van der Waals surface area contributed by atoms with E-state index in [1.807, 2.05) is 0 Å². The molecule has 2 aromatic carbocycles. The summed E-state index contributed by atoms with van der Waals surface area (Å²) in [6, 6.07) is 2.78. The molecule has 3 atom stereocenters. The first-order chi connectivity index (χ1) is 22.2. The Bertz CT molecular complexity index is 2310. The standard InChI is InChI=1S/C32H29N5O10/c1-4-5-20(37-12-34-29-26(37)30(44)36-31(33)35-29)32(3,45)21-11-18(40)23-15(10-22(41)42)8-14-9-16-19(46-13(2)38)7-6-17(39)25(16)27(43)24(14)28(23)47-21/h4-5,8-9,11-12,19-20,43,45H,6-7,10H2,1-3H3,(H,41,42)(H3,33,35,36,44)/b5-4-. The number of phenols is 1. The molecule has 0 saturated heterocycles. The van der Waals surface area contributed by atoms with E-state index in [-0.39, 0.29) is 74.1 Å². The van der Waals surface area contributed by atoms with Gasteiger partial charge in [-0.1, -0.05) is 12.2 Å². The van der Waals surface area contributed by atoms with E-state index in [0.717, 1.165) is 6.07 Å². The molecule has 3 aromatic heterocycles. The number of carbonyl (C=O) groups excluding carboxylic acids is 2. The van der Waals surface area contributed by atoms with Gasteiger partial charge in [-0.15, -0.1) is 0 Å². The van der Waals surface area contributed by atoms with E-state index in [1.165, 1.54) is 36.9 Å². The topological polar surface area (TPSA) is 241 Å². The van der Waals surface area contributed by atoms with Crippen molar-refractivity contribution in [1.29, 1.82) is 0 Å². The number of aliphatic hydroxyl groups is 1. The van der Waals surface area contributed by atoms with Gasteiger partial charge in [0.15, 0.2) is 22.4 Å². The quantitative estimate of drug-likeness (QED) is 0.0974. The molecule has 15 heteroatoms. The molecule has 0 bridgehead atoms. The number of ketones is 1. The number of Topliss-reactive ketones (excluding diaryl/α,β-unsaturated/α-hetero) is 1. The number of benzene rings is 2. The highest BCUT2D eigenvalue weighted by molar-refractivity contribution is 6.15. The number of carbonyl (C=O) groups is 3. The smallest absolute Gasteiger partial charge is 0.307 e. The van der Waals surface area contributed by atoms with Gasteiger partial charge in [-0.05, 0) is 43.4 Å². The fourth-order valence-electron chi connectivity index (χ4n) is 6.32. The zero-order valence-electron chi connectivity index (χ0n) is 25.4. The van der Waals surface area contributed by atoms with Gasteiger partial charge in [-0.3, -0.25) is 29.0 Å². The van der Waals surface area contributed by atoms with Gasteiger partial charge in [0.1, 0.15) is 28.8 Å². The maximum absolute atomic E-state index is 13.8. The number of phenolic OH excluding ortho intramolecular Hbond substituents is 1. The van der Waals surface area contributed by atoms with Crippen molar-refractivity contribution in [1.82, 2.24) is 19.5 Å². The summed E-state index contributed by atoms with van der Waals surface area (Å²) in [6.45, 7) is 4.23. The van der Waals surface area contributed by atoms with Gasteiger partial charge < -0.3 is 34.8 Å². The highest BCUT2D eigenvalue weighted by atomic mass is 16.5.